The predicted octanol–water partition coefficient (Wildman–Crippen LogP) is 2.32. The van der Waals surface area contributed by atoms with Gasteiger partial charge in [0.05, 0.1) is 0 Å². The average molecular weight is 173 g/mol. The molecule has 1 aliphatic heterocycles. The molecule has 1 rings (SSSR count). The Labute approximate surface area is 74.9 Å². The van der Waals surface area contributed by atoms with E-state index in [0.717, 1.165) is 13.0 Å². The molecule has 0 N–H and O–H groups in total. The van der Waals surface area contributed by atoms with Crippen molar-refractivity contribution in [2.75, 3.05) is 20.1 Å². The van der Waals surface area contributed by atoms with Gasteiger partial charge in [-0.1, -0.05) is 20.8 Å². The van der Waals surface area contributed by atoms with Gasteiger partial charge in [-0.25, -0.2) is 4.39 Å². The van der Waals surface area contributed by atoms with Crippen molar-refractivity contribution in [2.45, 2.75) is 33.4 Å². The van der Waals surface area contributed by atoms with E-state index in [1.54, 1.807) is 0 Å². The van der Waals surface area contributed by atoms with Crippen molar-refractivity contribution < 1.29 is 4.39 Å². The van der Waals surface area contributed by atoms with Crippen molar-refractivity contribution >= 4 is 0 Å². The Balaban J connectivity index is 2.57. The highest BCUT2D eigenvalue weighted by Gasteiger charge is 2.35. The fourth-order valence-corrected chi connectivity index (χ4v) is 2.03. The van der Waals surface area contributed by atoms with Gasteiger partial charge >= 0.3 is 0 Å². The topological polar surface area (TPSA) is 3.24 Å². The van der Waals surface area contributed by atoms with Gasteiger partial charge < -0.3 is 4.90 Å². The summed E-state index contributed by atoms with van der Waals surface area (Å²) in [6, 6.07) is 0. The molecule has 2 heteroatoms. The van der Waals surface area contributed by atoms with E-state index in [2.05, 4.69) is 25.7 Å². The van der Waals surface area contributed by atoms with Crippen molar-refractivity contribution in [3.63, 3.8) is 0 Å². The number of likely N-dealkylation sites (tertiary alicyclic amines) is 1. The molecule has 0 spiro atoms. The van der Waals surface area contributed by atoms with Gasteiger partial charge in [0.1, 0.15) is 6.17 Å². The Bertz CT molecular complexity index is 150. The molecule has 1 aliphatic rings. The second-order valence-corrected chi connectivity index (χ2v) is 5.04. The second-order valence-electron chi connectivity index (χ2n) is 5.04. The summed E-state index contributed by atoms with van der Waals surface area (Å²) in [6.45, 7) is 8.06. The van der Waals surface area contributed by atoms with E-state index >= 15 is 0 Å². The minimum absolute atomic E-state index is 0.126. The van der Waals surface area contributed by atoms with Crippen molar-refractivity contribution in [1.82, 2.24) is 4.90 Å². The third kappa shape index (κ3) is 2.19. The number of hydrogen-bond donors (Lipinski definition) is 0. The molecule has 0 aromatic rings. The Hall–Kier alpha value is -0.110. The molecule has 1 heterocycles. The lowest BCUT2D eigenvalue weighted by Gasteiger charge is -2.39. The molecule has 1 nitrogen and oxygen atoms in total. The Morgan fingerprint density at radius 1 is 1.33 bits per heavy atom. The summed E-state index contributed by atoms with van der Waals surface area (Å²) in [5, 5.41) is 0. The van der Waals surface area contributed by atoms with Crippen LogP contribution < -0.4 is 0 Å². The first-order valence-corrected chi connectivity index (χ1v) is 4.74. The standard InChI is InChI=1S/C10H20FN/c1-10(2,3)8-5-6-12(4)7-9(8)11/h8-9H,5-7H2,1-4H3/t8-,9-/m0/s1. The maximum absolute atomic E-state index is 13.6. The number of rotatable bonds is 0. The zero-order valence-electron chi connectivity index (χ0n) is 8.60. The van der Waals surface area contributed by atoms with Crippen LogP contribution in [0.4, 0.5) is 4.39 Å². The predicted molar refractivity (Wildman–Crippen MR) is 50.0 cm³/mol. The fourth-order valence-electron chi connectivity index (χ4n) is 2.03. The molecule has 0 aromatic carbocycles. The van der Waals surface area contributed by atoms with Gasteiger partial charge in [0.25, 0.3) is 0 Å². The summed E-state index contributed by atoms with van der Waals surface area (Å²) >= 11 is 0. The van der Waals surface area contributed by atoms with Gasteiger partial charge in [0, 0.05) is 6.54 Å². The molecule has 0 aliphatic carbocycles. The molecule has 0 saturated carbocycles. The minimum Gasteiger partial charge on any atom is -0.303 e. The smallest absolute Gasteiger partial charge is 0.116 e. The zero-order chi connectivity index (χ0) is 9.35. The number of nitrogens with zero attached hydrogens (tertiary/aromatic N) is 1. The maximum Gasteiger partial charge on any atom is 0.116 e. The van der Waals surface area contributed by atoms with E-state index in [0.29, 0.717) is 6.54 Å². The highest BCUT2D eigenvalue weighted by molar-refractivity contribution is 4.86. The van der Waals surface area contributed by atoms with Gasteiger partial charge in [-0.3, -0.25) is 0 Å². The first-order valence-electron chi connectivity index (χ1n) is 4.74. The quantitative estimate of drug-likeness (QED) is 0.543. The summed E-state index contributed by atoms with van der Waals surface area (Å²) in [7, 11) is 1.99. The summed E-state index contributed by atoms with van der Waals surface area (Å²) in [6.07, 6.45) is 0.366. The summed E-state index contributed by atoms with van der Waals surface area (Å²) < 4.78 is 13.6. The number of halogens is 1. The van der Waals surface area contributed by atoms with Crippen LogP contribution in [0.1, 0.15) is 27.2 Å². The molecule has 0 bridgehead atoms. The first kappa shape index (κ1) is 9.97. The van der Waals surface area contributed by atoms with Crippen LogP contribution in [0.2, 0.25) is 0 Å². The van der Waals surface area contributed by atoms with Crippen LogP contribution in [0.25, 0.3) is 0 Å². The Morgan fingerprint density at radius 3 is 2.33 bits per heavy atom. The van der Waals surface area contributed by atoms with E-state index in [1.165, 1.54) is 0 Å². The highest BCUT2D eigenvalue weighted by Crippen LogP contribution is 2.35. The van der Waals surface area contributed by atoms with Crippen LogP contribution in [-0.2, 0) is 0 Å². The van der Waals surface area contributed by atoms with Gasteiger partial charge in [-0.15, -0.1) is 0 Å². The average Bonchev–Trinajstić information content (AvgIpc) is 1.83. The number of piperidine rings is 1. The molecule has 1 fully saturated rings. The van der Waals surface area contributed by atoms with Crippen molar-refractivity contribution in [3.8, 4) is 0 Å². The molecule has 2 atom stereocenters. The van der Waals surface area contributed by atoms with E-state index in [1.807, 2.05) is 7.05 Å². The van der Waals surface area contributed by atoms with Crippen molar-refractivity contribution in [2.24, 2.45) is 11.3 Å². The summed E-state index contributed by atoms with van der Waals surface area (Å²) in [4.78, 5) is 2.08. The molecule has 0 aromatic heterocycles. The van der Waals surface area contributed by atoms with Crippen LogP contribution >= 0.6 is 0 Å². The third-order valence-electron chi connectivity index (χ3n) is 2.86. The van der Waals surface area contributed by atoms with E-state index in [-0.39, 0.29) is 11.3 Å². The molecule has 0 amide bonds. The molecule has 12 heavy (non-hydrogen) atoms. The number of alkyl halides is 1. The van der Waals surface area contributed by atoms with E-state index in [9.17, 15) is 4.39 Å². The fraction of sp³-hybridized carbons (Fsp3) is 1.00. The number of hydrogen-bond acceptors (Lipinski definition) is 1. The molecule has 0 radical (unpaired) electrons. The lowest BCUT2D eigenvalue weighted by atomic mass is 9.74. The SMILES string of the molecule is CN1CC[C@H](C(C)(C)C)[C@@H](F)C1. The highest BCUT2D eigenvalue weighted by atomic mass is 19.1. The monoisotopic (exact) mass is 173 g/mol. The molecule has 0 unspecified atom stereocenters. The van der Waals surface area contributed by atoms with Crippen LogP contribution in [0.15, 0.2) is 0 Å². The van der Waals surface area contributed by atoms with Crippen LogP contribution in [-0.4, -0.2) is 31.2 Å². The summed E-state index contributed by atoms with van der Waals surface area (Å²) in [5.41, 5.74) is 0.126. The lowest BCUT2D eigenvalue weighted by molar-refractivity contribution is 0.0370. The van der Waals surface area contributed by atoms with Crippen LogP contribution in [0.3, 0.4) is 0 Å². The lowest BCUT2D eigenvalue weighted by Crippen LogP contribution is -2.44. The van der Waals surface area contributed by atoms with E-state index < -0.39 is 6.17 Å². The normalized spacial score (nSPS) is 33.8. The molecular formula is C10H20FN. The third-order valence-corrected chi connectivity index (χ3v) is 2.86. The molecular weight excluding hydrogens is 153 g/mol. The summed E-state index contributed by atoms with van der Waals surface area (Å²) in [5.74, 6) is 0.244. The first-order chi connectivity index (χ1) is 5.41. The van der Waals surface area contributed by atoms with Crippen molar-refractivity contribution in [1.29, 1.82) is 0 Å². The maximum atomic E-state index is 13.6. The minimum atomic E-state index is -0.635. The van der Waals surface area contributed by atoms with Gasteiger partial charge in [-0.2, -0.15) is 0 Å². The van der Waals surface area contributed by atoms with Gasteiger partial charge in [0.15, 0.2) is 0 Å². The van der Waals surface area contributed by atoms with Crippen LogP contribution in [0, 0.1) is 11.3 Å². The van der Waals surface area contributed by atoms with Crippen LogP contribution in [0.5, 0.6) is 0 Å². The Morgan fingerprint density at radius 2 is 1.92 bits per heavy atom. The molecule has 72 valence electrons. The van der Waals surface area contributed by atoms with E-state index in [4.69, 9.17) is 0 Å². The largest absolute Gasteiger partial charge is 0.303 e. The Kier molecular flexibility index (Phi) is 2.77. The van der Waals surface area contributed by atoms with Gasteiger partial charge in [0.2, 0.25) is 0 Å². The zero-order valence-corrected chi connectivity index (χ0v) is 8.60. The molecule has 1 saturated heterocycles. The van der Waals surface area contributed by atoms with Crippen molar-refractivity contribution in [3.05, 3.63) is 0 Å². The van der Waals surface area contributed by atoms with Gasteiger partial charge in [-0.05, 0) is 31.3 Å². The second kappa shape index (κ2) is 3.33.